The maximum Gasteiger partial charge on any atom is 0.252 e. The van der Waals surface area contributed by atoms with E-state index in [4.69, 9.17) is 0 Å². The molecule has 8 heteroatoms. The van der Waals surface area contributed by atoms with Crippen LogP contribution in [0.2, 0.25) is 0 Å². The fraction of sp³-hybridized carbons (Fsp3) is 0. The Morgan fingerprint density at radius 2 is 0.567 bits per heavy atom. The van der Waals surface area contributed by atoms with Crippen LogP contribution in [0.3, 0.4) is 0 Å². The number of hydrogen-bond donors (Lipinski definition) is 0. The zero-order chi connectivity index (χ0) is 68.6. The fourth-order valence-electron chi connectivity index (χ4n) is 16.7. The molecule has 486 valence electrons. The largest absolute Gasteiger partial charge is 0.311 e. The molecule has 0 amide bonds. The van der Waals surface area contributed by atoms with Crippen molar-refractivity contribution < 1.29 is 0 Å². The molecule has 104 heavy (non-hydrogen) atoms. The average molecular weight is 1340 g/mol. The summed E-state index contributed by atoms with van der Waals surface area (Å²) >= 11 is 1.91. The van der Waals surface area contributed by atoms with Crippen LogP contribution in [0.1, 0.15) is 0 Å². The van der Waals surface area contributed by atoms with Gasteiger partial charge in [0.1, 0.15) is 0 Å². The van der Waals surface area contributed by atoms with E-state index in [1.807, 2.05) is 11.8 Å². The first-order chi connectivity index (χ1) is 51.6. The van der Waals surface area contributed by atoms with Gasteiger partial charge in [-0.25, -0.2) is 0 Å². The maximum absolute atomic E-state index is 2.69. The van der Waals surface area contributed by atoms with Gasteiger partial charge in [-0.2, -0.15) is 0 Å². The maximum atomic E-state index is 2.69. The van der Waals surface area contributed by atoms with Crippen LogP contribution >= 0.6 is 11.8 Å². The van der Waals surface area contributed by atoms with E-state index >= 15 is 0 Å². The van der Waals surface area contributed by atoms with Crippen LogP contribution in [-0.2, 0) is 0 Å². The number of benzene rings is 16. The van der Waals surface area contributed by atoms with Gasteiger partial charge in [-0.1, -0.05) is 296 Å². The highest BCUT2D eigenvalue weighted by atomic mass is 32.2. The molecule has 5 nitrogen and oxygen atoms in total. The summed E-state index contributed by atoms with van der Waals surface area (Å²) < 4.78 is 0. The Kier molecular flexibility index (Phi) is 15.0. The lowest BCUT2D eigenvalue weighted by Gasteiger charge is -2.46. The van der Waals surface area contributed by atoms with E-state index in [-0.39, 0.29) is 13.4 Å². The van der Waals surface area contributed by atoms with Gasteiger partial charge in [0.2, 0.25) is 6.71 Å². The average Bonchev–Trinajstić information content (AvgIpc) is 0.687. The lowest BCUT2D eigenvalue weighted by Crippen LogP contribution is -2.64. The van der Waals surface area contributed by atoms with E-state index in [1.165, 1.54) is 64.8 Å². The highest BCUT2D eigenvalue weighted by Crippen LogP contribution is 2.54. The van der Waals surface area contributed by atoms with Crippen molar-refractivity contribution in [3.8, 4) is 44.5 Å². The fourth-order valence-corrected chi connectivity index (χ4v) is 17.9. The van der Waals surface area contributed by atoms with Crippen molar-refractivity contribution in [2.45, 2.75) is 9.79 Å². The summed E-state index contributed by atoms with van der Waals surface area (Å²) in [6.45, 7) is -0.343. The van der Waals surface area contributed by atoms with E-state index < -0.39 is 0 Å². The molecule has 0 fully saturated rings. The van der Waals surface area contributed by atoms with Gasteiger partial charge in [0.25, 0.3) is 6.71 Å². The van der Waals surface area contributed by atoms with Gasteiger partial charge in [0.05, 0.1) is 11.4 Å². The number of rotatable bonds is 13. The third kappa shape index (κ3) is 10.3. The first kappa shape index (κ1) is 60.9. The van der Waals surface area contributed by atoms with E-state index in [2.05, 4.69) is 419 Å². The number of hydrogen-bond acceptors (Lipinski definition) is 6. The van der Waals surface area contributed by atoms with Crippen molar-refractivity contribution in [3.63, 3.8) is 0 Å². The molecular formula is C96H65B2N5S. The smallest absolute Gasteiger partial charge is 0.252 e. The molecule has 0 radical (unpaired) electrons. The minimum absolute atomic E-state index is 0.145. The van der Waals surface area contributed by atoms with Gasteiger partial charge in [-0.15, -0.1) is 0 Å². The van der Waals surface area contributed by atoms with Gasteiger partial charge in [-0.3, -0.25) is 0 Å². The van der Waals surface area contributed by atoms with Crippen molar-refractivity contribution in [1.29, 1.82) is 0 Å². The molecule has 0 aliphatic carbocycles. The van der Waals surface area contributed by atoms with Gasteiger partial charge in [0.15, 0.2) is 0 Å². The third-order valence-electron chi connectivity index (χ3n) is 21.2. The van der Waals surface area contributed by atoms with Gasteiger partial charge >= 0.3 is 0 Å². The Morgan fingerprint density at radius 3 is 1.03 bits per heavy atom. The first-order valence-corrected chi connectivity index (χ1v) is 36.6. The number of anilines is 15. The van der Waals surface area contributed by atoms with Crippen LogP contribution in [0, 0.1) is 0 Å². The summed E-state index contributed by atoms with van der Waals surface area (Å²) in [6, 6.07) is 146. The highest BCUT2D eigenvalue weighted by Gasteiger charge is 2.48. The Morgan fingerprint density at radius 1 is 0.212 bits per heavy atom. The van der Waals surface area contributed by atoms with E-state index in [9.17, 15) is 0 Å². The Balaban J connectivity index is 0.880. The number of para-hydroxylation sites is 7. The molecule has 0 saturated carbocycles. The molecule has 0 saturated heterocycles. The first-order valence-electron chi connectivity index (χ1n) is 35.8. The zero-order valence-corrected chi connectivity index (χ0v) is 57.6. The zero-order valence-electron chi connectivity index (χ0n) is 56.8. The predicted octanol–water partition coefficient (Wildman–Crippen LogP) is 22.1. The molecule has 0 unspecified atom stereocenters. The van der Waals surface area contributed by atoms with E-state index in [0.29, 0.717) is 0 Å². The van der Waals surface area contributed by atoms with Crippen LogP contribution in [0.25, 0.3) is 44.5 Å². The summed E-state index contributed by atoms with van der Waals surface area (Å²) in [5, 5.41) is 0. The second-order valence-electron chi connectivity index (χ2n) is 27.1. The molecule has 4 aliphatic heterocycles. The molecular weight excluding hydrogens is 1280 g/mol. The van der Waals surface area contributed by atoms with Crippen LogP contribution in [0.15, 0.2) is 404 Å². The van der Waals surface area contributed by atoms with Crippen molar-refractivity contribution in [2.75, 3.05) is 24.5 Å². The Bertz CT molecular complexity index is 5720. The third-order valence-corrected chi connectivity index (χ3v) is 22.3. The molecule has 16 aromatic rings. The molecule has 16 aromatic carbocycles. The lowest BCUT2D eigenvalue weighted by molar-refractivity contribution is 1.22. The number of nitrogens with zero attached hydrogens (tertiary/aromatic N) is 5. The quantitative estimate of drug-likeness (QED) is 0.106. The van der Waals surface area contributed by atoms with Crippen LogP contribution in [0.4, 0.5) is 85.3 Å². The van der Waals surface area contributed by atoms with E-state index in [1.54, 1.807) is 0 Å². The van der Waals surface area contributed by atoms with Crippen molar-refractivity contribution in [1.82, 2.24) is 0 Å². The topological polar surface area (TPSA) is 16.2 Å². The van der Waals surface area contributed by atoms with Crippen molar-refractivity contribution >= 4 is 143 Å². The second-order valence-corrected chi connectivity index (χ2v) is 28.2. The van der Waals surface area contributed by atoms with Gasteiger partial charge < -0.3 is 24.5 Å². The molecule has 0 N–H and O–H groups in total. The summed E-state index contributed by atoms with van der Waals surface area (Å²) in [7, 11) is 0. The summed E-state index contributed by atoms with van der Waals surface area (Å²) in [4.78, 5) is 15.1. The lowest BCUT2D eigenvalue weighted by atomic mass is 9.31. The van der Waals surface area contributed by atoms with Crippen LogP contribution in [0.5, 0.6) is 0 Å². The molecule has 0 atom stereocenters. The predicted molar refractivity (Wildman–Crippen MR) is 441 cm³/mol. The normalized spacial score (nSPS) is 12.7. The van der Waals surface area contributed by atoms with Crippen molar-refractivity contribution in [2.24, 2.45) is 0 Å². The highest BCUT2D eigenvalue weighted by molar-refractivity contribution is 8.00. The Hall–Kier alpha value is -13.0. The molecule has 0 bridgehead atoms. The minimum Gasteiger partial charge on any atom is -0.311 e. The van der Waals surface area contributed by atoms with Gasteiger partial charge in [-0.05, 0) is 176 Å². The molecule has 0 aromatic heterocycles. The minimum atomic E-state index is -0.198. The van der Waals surface area contributed by atoms with Crippen LogP contribution < -0.4 is 57.3 Å². The SMILES string of the molecule is c1ccc(-c2ccc(N(c3ccc(-c4ccccc4)cc3)c3cc4c5c(c3)N(c3ccccc3)c3ccccc3B5c3cc5c(cc3S4)N(c3c(-c4ccccc4)cccc3-c3ccccc3)c3cc(N(c4ccccc4)c4ccccc4)cc4c3B5c3ccccc3N4c3ccccc3)cc2)cc1. The molecule has 0 spiro atoms. The number of fused-ring (bicyclic) bond motifs is 8. The summed E-state index contributed by atoms with van der Waals surface area (Å²) in [5.41, 5.74) is 33.4. The monoisotopic (exact) mass is 1340 g/mol. The molecule has 4 heterocycles. The standard InChI is InChI=1S/C96H65B2N5S/c1-9-30-66(31-10-1)68-52-56-76(57-53-68)100(77-58-54-69(55-59-77)67-32-11-2-12-33-67)79-62-91-95-93(63-79)104-92-65-88-84(64-85(92)98(95)83-49-26-28-51-87(83)102(91)75-44-23-8-24-45-75)97-82-48-25-27-50-86(82)101(74-42-21-7-22-43-74)89-60-78(99(72-38-17-5-18-39-72)73-40-19-6-20-41-73)61-90(94(89)97)103(88)96-80(70-34-13-3-14-35-70)46-29-47-81(96)71-36-15-4-16-37-71/h1-65H. The second kappa shape index (κ2) is 25.6. The summed E-state index contributed by atoms with van der Waals surface area (Å²) in [6.07, 6.45) is 0. The van der Waals surface area contributed by atoms with Crippen molar-refractivity contribution in [3.05, 3.63) is 394 Å². The summed E-state index contributed by atoms with van der Waals surface area (Å²) in [5.74, 6) is 0. The van der Waals surface area contributed by atoms with Crippen LogP contribution in [-0.4, -0.2) is 13.4 Å². The molecule has 4 aliphatic rings. The Labute approximate surface area is 612 Å². The molecule has 20 rings (SSSR count). The van der Waals surface area contributed by atoms with E-state index in [0.717, 1.165) is 108 Å². The van der Waals surface area contributed by atoms with Gasteiger partial charge in [0, 0.05) is 94.9 Å².